The number of rotatable bonds is 4. The van der Waals surface area contributed by atoms with Gasteiger partial charge in [-0.2, -0.15) is 0 Å². The smallest absolute Gasteiger partial charge is 0.113 e. The summed E-state index contributed by atoms with van der Waals surface area (Å²) in [6, 6.07) is 31.4. The van der Waals surface area contributed by atoms with Crippen LogP contribution in [0.5, 0.6) is 0 Å². The van der Waals surface area contributed by atoms with Crippen molar-refractivity contribution in [3.05, 3.63) is 114 Å². The molecule has 1 aliphatic rings. The zero-order chi connectivity index (χ0) is 15.5. The van der Waals surface area contributed by atoms with Gasteiger partial charge < -0.3 is 4.74 Å². The summed E-state index contributed by atoms with van der Waals surface area (Å²) in [5.41, 5.74) is 4.92. The highest BCUT2D eigenvalue weighted by atomic mass is 16.6. The molecular weight excluding hydrogens is 280 g/mol. The molecule has 4 rings (SSSR count). The number of benzene rings is 3. The molecule has 0 aromatic heterocycles. The van der Waals surface area contributed by atoms with Gasteiger partial charge >= 0.3 is 0 Å². The fourth-order valence-corrected chi connectivity index (χ4v) is 2.92. The molecule has 1 heterocycles. The second-order valence-corrected chi connectivity index (χ2v) is 5.74. The first kappa shape index (κ1) is 14.0. The summed E-state index contributed by atoms with van der Waals surface area (Å²) >= 11 is 0. The lowest BCUT2D eigenvalue weighted by atomic mass is 9.96. The van der Waals surface area contributed by atoms with Crippen LogP contribution in [0.25, 0.3) is 5.57 Å². The third-order valence-corrected chi connectivity index (χ3v) is 4.15. The van der Waals surface area contributed by atoms with Gasteiger partial charge in [-0.3, -0.25) is 0 Å². The maximum absolute atomic E-state index is 5.90. The molecule has 0 amide bonds. The Labute approximate surface area is 136 Å². The van der Waals surface area contributed by atoms with Gasteiger partial charge in [-0.05, 0) is 28.3 Å². The predicted molar refractivity (Wildman–Crippen MR) is 94.0 cm³/mol. The van der Waals surface area contributed by atoms with Crippen LogP contribution >= 0.6 is 0 Å². The molecule has 1 heteroatoms. The molecule has 23 heavy (non-hydrogen) atoms. The molecule has 3 aromatic rings. The number of hydrogen-bond donors (Lipinski definition) is 0. The Kier molecular flexibility index (Phi) is 3.79. The van der Waals surface area contributed by atoms with E-state index in [0.29, 0.717) is 0 Å². The molecule has 0 bridgehead atoms. The first-order chi connectivity index (χ1) is 11.4. The van der Waals surface area contributed by atoms with Gasteiger partial charge in [0.1, 0.15) is 12.2 Å². The number of hydrogen-bond acceptors (Lipinski definition) is 1. The van der Waals surface area contributed by atoms with Crippen LogP contribution in [0.4, 0.5) is 0 Å². The summed E-state index contributed by atoms with van der Waals surface area (Å²) in [5.74, 6) is 0. The van der Waals surface area contributed by atoms with Crippen molar-refractivity contribution in [2.45, 2.75) is 12.2 Å². The highest BCUT2D eigenvalue weighted by Crippen LogP contribution is 2.41. The third-order valence-electron chi connectivity index (χ3n) is 4.15. The lowest BCUT2D eigenvalue weighted by Crippen LogP contribution is -1.92. The SMILES string of the molecule is C(=C(c1ccccc1)c1ccccc1)[C@H]1O[C@@H]1c1ccccc1. The Morgan fingerprint density at radius 1 is 0.652 bits per heavy atom. The molecule has 0 spiro atoms. The van der Waals surface area contributed by atoms with E-state index in [9.17, 15) is 0 Å². The van der Waals surface area contributed by atoms with Crippen molar-refractivity contribution in [1.29, 1.82) is 0 Å². The fourth-order valence-electron chi connectivity index (χ4n) is 2.92. The van der Waals surface area contributed by atoms with E-state index in [1.807, 2.05) is 18.2 Å². The zero-order valence-electron chi connectivity index (χ0n) is 12.8. The van der Waals surface area contributed by atoms with Gasteiger partial charge in [0.05, 0.1) is 0 Å². The Balaban J connectivity index is 1.67. The topological polar surface area (TPSA) is 12.5 Å². The summed E-state index contributed by atoms with van der Waals surface area (Å²) in [6.07, 6.45) is 2.58. The van der Waals surface area contributed by atoms with Crippen molar-refractivity contribution < 1.29 is 4.74 Å². The molecule has 0 saturated carbocycles. The molecule has 2 atom stereocenters. The summed E-state index contributed by atoms with van der Waals surface area (Å²) in [6.45, 7) is 0. The molecule has 0 N–H and O–H groups in total. The lowest BCUT2D eigenvalue weighted by molar-refractivity contribution is 0.394. The van der Waals surface area contributed by atoms with E-state index in [2.05, 4.69) is 78.9 Å². The van der Waals surface area contributed by atoms with E-state index in [-0.39, 0.29) is 12.2 Å². The summed E-state index contributed by atoms with van der Waals surface area (Å²) in [7, 11) is 0. The average Bonchev–Trinajstić information content (AvgIpc) is 3.41. The molecule has 1 aliphatic heterocycles. The molecule has 0 aliphatic carbocycles. The van der Waals surface area contributed by atoms with Gasteiger partial charge in [0, 0.05) is 0 Å². The van der Waals surface area contributed by atoms with Crippen LogP contribution in [-0.4, -0.2) is 6.10 Å². The largest absolute Gasteiger partial charge is 0.360 e. The predicted octanol–water partition coefficient (Wildman–Crippen LogP) is 5.26. The minimum Gasteiger partial charge on any atom is -0.360 e. The molecule has 0 unspecified atom stereocenters. The monoisotopic (exact) mass is 298 g/mol. The summed E-state index contributed by atoms with van der Waals surface area (Å²) in [5, 5.41) is 0. The van der Waals surface area contributed by atoms with E-state index in [1.165, 1.54) is 22.3 Å². The minimum atomic E-state index is 0.146. The maximum atomic E-state index is 5.90. The Morgan fingerprint density at radius 3 is 1.65 bits per heavy atom. The second-order valence-electron chi connectivity index (χ2n) is 5.74. The fraction of sp³-hybridized carbons (Fsp3) is 0.0909. The van der Waals surface area contributed by atoms with Crippen molar-refractivity contribution >= 4 is 5.57 Å². The summed E-state index contributed by atoms with van der Waals surface area (Å²) in [4.78, 5) is 0. The van der Waals surface area contributed by atoms with Gasteiger partial charge in [-0.1, -0.05) is 91.0 Å². The Morgan fingerprint density at radius 2 is 1.13 bits per heavy atom. The highest BCUT2D eigenvalue weighted by Gasteiger charge is 2.38. The molecule has 1 fully saturated rings. The van der Waals surface area contributed by atoms with Gasteiger partial charge in [0.2, 0.25) is 0 Å². The van der Waals surface area contributed by atoms with Crippen molar-refractivity contribution in [2.24, 2.45) is 0 Å². The van der Waals surface area contributed by atoms with Gasteiger partial charge in [0.15, 0.2) is 0 Å². The standard InChI is InChI=1S/C22H18O/c1-4-10-17(11-5-1)20(18-12-6-2-7-13-18)16-21-22(23-21)19-14-8-3-9-15-19/h1-16,21-22H/t21-,22-/m1/s1. The average molecular weight is 298 g/mol. The quantitative estimate of drug-likeness (QED) is 0.599. The van der Waals surface area contributed by atoms with Crippen LogP contribution in [0.3, 0.4) is 0 Å². The van der Waals surface area contributed by atoms with E-state index < -0.39 is 0 Å². The number of ether oxygens (including phenoxy) is 1. The van der Waals surface area contributed by atoms with Gasteiger partial charge in [-0.15, -0.1) is 0 Å². The van der Waals surface area contributed by atoms with E-state index >= 15 is 0 Å². The second kappa shape index (κ2) is 6.23. The van der Waals surface area contributed by atoms with Crippen LogP contribution in [0.2, 0.25) is 0 Å². The van der Waals surface area contributed by atoms with Crippen molar-refractivity contribution in [3.63, 3.8) is 0 Å². The zero-order valence-corrected chi connectivity index (χ0v) is 12.8. The first-order valence-corrected chi connectivity index (χ1v) is 7.95. The van der Waals surface area contributed by atoms with E-state index in [0.717, 1.165) is 0 Å². The van der Waals surface area contributed by atoms with Crippen molar-refractivity contribution in [3.8, 4) is 0 Å². The molecule has 0 radical (unpaired) electrons. The molecule has 1 saturated heterocycles. The first-order valence-electron chi connectivity index (χ1n) is 7.95. The van der Waals surface area contributed by atoms with Crippen LogP contribution in [0.1, 0.15) is 22.8 Å². The van der Waals surface area contributed by atoms with Gasteiger partial charge in [0.25, 0.3) is 0 Å². The maximum Gasteiger partial charge on any atom is 0.113 e. The molecular formula is C22H18O. The molecule has 112 valence electrons. The van der Waals surface area contributed by atoms with E-state index in [4.69, 9.17) is 4.74 Å². The minimum absolute atomic E-state index is 0.146. The normalized spacial score (nSPS) is 19.1. The third kappa shape index (κ3) is 3.10. The number of epoxide rings is 1. The van der Waals surface area contributed by atoms with Crippen LogP contribution < -0.4 is 0 Å². The van der Waals surface area contributed by atoms with Crippen molar-refractivity contribution in [2.75, 3.05) is 0 Å². The van der Waals surface area contributed by atoms with Crippen LogP contribution in [0.15, 0.2) is 97.1 Å². The molecule has 3 aromatic carbocycles. The van der Waals surface area contributed by atoms with Crippen molar-refractivity contribution in [1.82, 2.24) is 0 Å². The summed E-state index contributed by atoms with van der Waals surface area (Å²) < 4.78 is 5.90. The van der Waals surface area contributed by atoms with Crippen LogP contribution in [-0.2, 0) is 4.74 Å². The highest BCUT2D eigenvalue weighted by molar-refractivity contribution is 5.80. The van der Waals surface area contributed by atoms with Crippen LogP contribution in [0, 0.1) is 0 Å². The molecule has 1 nitrogen and oxygen atoms in total. The Hall–Kier alpha value is -2.64. The van der Waals surface area contributed by atoms with E-state index in [1.54, 1.807) is 0 Å². The lowest BCUT2D eigenvalue weighted by Gasteiger charge is -2.08. The Bertz CT molecular complexity index is 750. The van der Waals surface area contributed by atoms with Gasteiger partial charge in [-0.25, -0.2) is 0 Å².